The van der Waals surface area contributed by atoms with E-state index in [1.807, 2.05) is 19.1 Å². The Bertz CT molecular complexity index is 579. The quantitative estimate of drug-likeness (QED) is 0.789. The number of nitrogens with zero attached hydrogens (tertiary/aromatic N) is 1. The average Bonchev–Trinajstić information content (AvgIpc) is 2.92. The highest BCUT2D eigenvalue weighted by molar-refractivity contribution is 7.14. The molecule has 1 aliphatic rings. The molecule has 2 aromatic heterocycles. The molecule has 0 saturated heterocycles. The molecular weight excluding hydrogens is 242 g/mol. The van der Waals surface area contributed by atoms with Gasteiger partial charge in [0.25, 0.3) is 0 Å². The lowest BCUT2D eigenvalue weighted by Crippen LogP contribution is -2.04. The van der Waals surface area contributed by atoms with Crippen molar-refractivity contribution in [1.82, 2.24) is 4.98 Å². The Hall–Kier alpha value is -1.48. The molecule has 0 atom stereocenters. The topological polar surface area (TPSA) is 30.0 Å². The van der Waals surface area contributed by atoms with E-state index < -0.39 is 0 Å². The van der Waals surface area contributed by atoms with Crippen LogP contribution in [0.1, 0.15) is 37.8 Å². The van der Waals surface area contributed by atoms with E-state index in [2.05, 4.69) is 11.1 Å². The molecule has 0 aliphatic heterocycles. The molecule has 1 aliphatic carbocycles. The number of fused-ring (bicyclic) bond motifs is 1. The summed E-state index contributed by atoms with van der Waals surface area (Å²) in [5.74, 6) is 0.205. The first kappa shape index (κ1) is 11.6. The molecule has 0 aromatic carbocycles. The second-order valence-electron chi connectivity index (χ2n) is 4.78. The number of pyridine rings is 1. The molecule has 0 amide bonds. The molecule has 0 bridgehead atoms. The minimum Gasteiger partial charge on any atom is -0.293 e. The van der Waals surface area contributed by atoms with Crippen molar-refractivity contribution in [2.75, 3.05) is 0 Å². The van der Waals surface area contributed by atoms with Crippen LogP contribution in [0.25, 0.3) is 0 Å². The summed E-state index contributed by atoms with van der Waals surface area (Å²) in [7, 11) is 0. The van der Waals surface area contributed by atoms with Crippen molar-refractivity contribution in [2.24, 2.45) is 0 Å². The van der Waals surface area contributed by atoms with Crippen molar-refractivity contribution in [2.45, 2.75) is 32.6 Å². The van der Waals surface area contributed by atoms with Crippen LogP contribution in [-0.4, -0.2) is 10.8 Å². The van der Waals surface area contributed by atoms with Crippen LogP contribution < -0.4 is 0 Å². The van der Waals surface area contributed by atoms with E-state index in [0.29, 0.717) is 6.42 Å². The highest BCUT2D eigenvalue weighted by Gasteiger charge is 2.19. The normalized spacial score (nSPS) is 13.6. The van der Waals surface area contributed by atoms with Gasteiger partial charge in [0.15, 0.2) is 5.78 Å². The third-order valence-electron chi connectivity index (χ3n) is 3.47. The van der Waals surface area contributed by atoms with E-state index in [4.69, 9.17) is 0 Å². The van der Waals surface area contributed by atoms with Gasteiger partial charge < -0.3 is 0 Å². The largest absolute Gasteiger partial charge is 0.293 e. The summed E-state index contributed by atoms with van der Waals surface area (Å²) >= 11 is 1.68. The number of rotatable bonds is 3. The molecule has 0 saturated carbocycles. The van der Waals surface area contributed by atoms with Crippen molar-refractivity contribution in [1.29, 1.82) is 0 Å². The standard InChI is InChI=1S/C15H15NOS/c1-10-4-3-7-16-12(10)9-13(17)15-8-11-5-2-6-14(11)18-15/h3-4,7-8H,2,5-6,9H2,1H3. The molecule has 3 rings (SSSR count). The van der Waals surface area contributed by atoms with Crippen LogP contribution in [0.4, 0.5) is 0 Å². The van der Waals surface area contributed by atoms with Crippen LogP contribution in [0.5, 0.6) is 0 Å². The number of carbonyl (C=O) groups excluding carboxylic acids is 1. The average molecular weight is 257 g/mol. The number of carbonyl (C=O) groups is 1. The van der Waals surface area contributed by atoms with Crippen LogP contribution in [-0.2, 0) is 19.3 Å². The smallest absolute Gasteiger partial charge is 0.178 e. The first-order valence-electron chi connectivity index (χ1n) is 6.29. The molecule has 18 heavy (non-hydrogen) atoms. The van der Waals surface area contributed by atoms with Crippen molar-refractivity contribution in [3.8, 4) is 0 Å². The molecule has 2 aromatic rings. The maximum atomic E-state index is 12.2. The van der Waals surface area contributed by atoms with Gasteiger partial charge in [-0.25, -0.2) is 0 Å². The first-order valence-corrected chi connectivity index (χ1v) is 7.11. The zero-order valence-electron chi connectivity index (χ0n) is 10.4. The summed E-state index contributed by atoms with van der Waals surface area (Å²) in [6.45, 7) is 2.00. The van der Waals surface area contributed by atoms with E-state index in [1.165, 1.54) is 16.9 Å². The highest BCUT2D eigenvalue weighted by atomic mass is 32.1. The Morgan fingerprint density at radius 1 is 1.44 bits per heavy atom. The zero-order chi connectivity index (χ0) is 12.5. The summed E-state index contributed by atoms with van der Waals surface area (Å²) < 4.78 is 0. The van der Waals surface area contributed by atoms with Crippen LogP contribution in [0, 0.1) is 6.92 Å². The number of ketones is 1. The molecule has 2 heterocycles. The van der Waals surface area contributed by atoms with Gasteiger partial charge in [-0.1, -0.05) is 6.07 Å². The summed E-state index contributed by atoms with van der Waals surface area (Å²) in [5, 5.41) is 0. The summed E-state index contributed by atoms with van der Waals surface area (Å²) in [4.78, 5) is 18.9. The molecule has 3 heteroatoms. The van der Waals surface area contributed by atoms with Crippen LogP contribution >= 0.6 is 11.3 Å². The third-order valence-corrected chi connectivity index (χ3v) is 4.75. The number of aromatic nitrogens is 1. The van der Waals surface area contributed by atoms with Gasteiger partial charge in [0.05, 0.1) is 17.0 Å². The lowest BCUT2D eigenvalue weighted by Gasteiger charge is -2.02. The minimum atomic E-state index is 0.205. The van der Waals surface area contributed by atoms with E-state index >= 15 is 0 Å². The molecule has 0 unspecified atom stereocenters. The van der Waals surface area contributed by atoms with Crippen LogP contribution in [0.15, 0.2) is 24.4 Å². The van der Waals surface area contributed by atoms with E-state index in [9.17, 15) is 4.79 Å². The first-order chi connectivity index (χ1) is 8.74. The van der Waals surface area contributed by atoms with Gasteiger partial charge in [-0.2, -0.15) is 0 Å². The minimum absolute atomic E-state index is 0.205. The van der Waals surface area contributed by atoms with Crippen LogP contribution in [0.3, 0.4) is 0 Å². The monoisotopic (exact) mass is 257 g/mol. The molecule has 0 radical (unpaired) electrons. The number of thiophene rings is 1. The number of aryl methyl sites for hydroxylation is 3. The van der Waals surface area contributed by atoms with Gasteiger partial charge in [0.2, 0.25) is 0 Å². The summed E-state index contributed by atoms with van der Waals surface area (Å²) in [5.41, 5.74) is 3.38. The molecule has 0 N–H and O–H groups in total. The summed E-state index contributed by atoms with van der Waals surface area (Å²) in [6, 6.07) is 6.00. The van der Waals surface area contributed by atoms with E-state index in [-0.39, 0.29) is 5.78 Å². The molecule has 92 valence electrons. The lowest BCUT2D eigenvalue weighted by atomic mass is 10.1. The Morgan fingerprint density at radius 2 is 2.33 bits per heavy atom. The zero-order valence-corrected chi connectivity index (χ0v) is 11.2. The second-order valence-corrected chi connectivity index (χ2v) is 5.92. The van der Waals surface area contributed by atoms with E-state index in [1.54, 1.807) is 17.5 Å². The lowest BCUT2D eigenvalue weighted by molar-refractivity contribution is 0.0995. The molecule has 0 fully saturated rings. The number of hydrogen-bond acceptors (Lipinski definition) is 3. The fraction of sp³-hybridized carbons (Fsp3) is 0.333. The fourth-order valence-corrected chi connectivity index (χ4v) is 3.60. The predicted octanol–water partition coefficient (Wildman–Crippen LogP) is 3.37. The Kier molecular flexibility index (Phi) is 3.00. The van der Waals surface area contributed by atoms with Gasteiger partial charge >= 0.3 is 0 Å². The van der Waals surface area contributed by atoms with Gasteiger partial charge in [-0.05, 0) is 49.4 Å². The summed E-state index contributed by atoms with van der Waals surface area (Å²) in [6.07, 6.45) is 5.71. The fourth-order valence-electron chi connectivity index (χ4n) is 2.41. The van der Waals surface area contributed by atoms with Gasteiger partial charge in [0.1, 0.15) is 0 Å². The van der Waals surface area contributed by atoms with Crippen molar-refractivity contribution >= 4 is 17.1 Å². The van der Waals surface area contributed by atoms with Crippen LogP contribution in [0.2, 0.25) is 0 Å². The van der Waals surface area contributed by atoms with Gasteiger partial charge in [-0.3, -0.25) is 9.78 Å². The van der Waals surface area contributed by atoms with Gasteiger partial charge in [0, 0.05) is 11.1 Å². The van der Waals surface area contributed by atoms with Crippen molar-refractivity contribution < 1.29 is 4.79 Å². The van der Waals surface area contributed by atoms with Gasteiger partial charge in [-0.15, -0.1) is 11.3 Å². The number of Topliss-reactive ketones (excluding diaryl/α,β-unsaturated/α-hetero) is 1. The molecule has 0 spiro atoms. The Balaban J connectivity index is 1.81. The number of hydrogen-bond donors (Lipinski definition) is 0. The SMILES string of the molecule is Cc1cccnc1CC(=O)c1cc2c(s1)CCC2. The Morgan fingerprint density at radius 3 is 3.11 bits per heavy atom. The maximum absolute atomic E-state index is 12.2. The molecule has 2 nitrogen and oxygen atoms in total. The van der Waals surface area contributed by atoms with Crippen molar-refractivity contribution in [3.05, 3.63) is 51.0 Å². The van der Waals surface area contributed by atoms with E-state index in [0.717, 1.165) is 29.0 Å². The second kappa shape index (κ2) is 4.65. The Labute approximate surface area is 111 Å². The predicted molar refractivity (Wildman–Crippen MR) is 73.4 cm³/mol. The third kappa shape index (κ3) is 2.10. The van der Waals surface area contributed by atoms with Crippen molar-refractivity contribution in [3.63, 3.8) is 0 Å². The maximum Gasteiger partial charge on any atom is 0.178 e. The molecular formula is C15H15NOS. The highest BCUT2D eigenvalue weighted by Crippen LogP contribution is 2.31.